The van der Waals surface area contributed by atoms with Crippen LogP contribution in [0.25, 0.3) is 0 Å². The zero-order valence-corrected chi connectivity index (χ0v) is 6.02. The molecule has 9 heavy (non-hydrogen) atoms. The quantitative estimate of drug-likeness (QED) is 0.603. The third-order valence-corrected chi connectivity index (χ3v) is 1.71. The molecule has 0 amide bonds. The number of hydrogen-bond donors (Lipinski definition) is 1. The third-order valence-electron chi connectivity index (χ3n) is 1.71. The Kier molecular flexibility index (Phi) is 3.01. The average Bonchev–Trinajstić information content (AvgIpc) is 2.34. The molecule has 1 saturated heterocycles. The Balaban J connectivity index is 1.98. The first kappa shape index (κ1) is 7.03. The van der Waals surface area contributed by atoms with Gasteiger partial charge in [0.15, 0.2) is 0 Å². The van der Waals surface area contributed by atoms with Crippen molar-refractivity contribution in [1.29, 1.82) is 0 Å². The van der Waals surface area contributed by atoms with Crippen molar-refractivity contribution < 1.29 is 4.74 Å². The lowest BCUT2D eigenvalue weighted by molar-refractivity contribution is 0.185. The van der Waals surface area contributed by atoms with E-state index in [1.165, 1.54) is 6.42 Å². The van der Waals surface area contributed by atoms with Crippen LogP contribution in [0.4, 0.5) is 0 Å². The van der Waals surface area contributed by atoms with Gasteiger partial charge in [0.2, 0.25) is 0 Å². The summed E-state index contributed by atoms with van der Waals surface area (Å²) in [6.45, 7) is 6.28. The van der Waals surface area contributed by atoms with Crippen LogP contribution in [-0.2, 0) is 4.74 Å². The van der Waals surface area contributed by atoms with Gasteiger partial charge in [-0.05, 0) is 18.9 Å². The summed E-state index contributed by atoms with van der Waals surface area (Å²) in [5, 5.41) is 3.31. The van der Waals surface area contributed by atoms with E-state index >= 15 is 0 Å². The van der Waals surface area contributed by atoms with Crippen LogP contribution >= 0.6 is 0 Å². The first-order valence-electron chi connectivity index (χ1n) is 3.72. The lowest BCUT2D eigenvalue weighted by Gasteiger charge is -2.05. The van der Waals surface area contributed by atoms with E-state index in [1.807, 2.05) is 0 Å². The van der Waals surface area contributed by atoms with Gasteiger partial charge in [-0.15, -0.1) is 0 Å². The largest absolute Gasteiger partial charge is 0.381 e. The van der Waals surface area contributed by atoms with Gasteiger partial charge in [0.05, 0.1) is 6.61 Å². The van der Waals surface area contributed by atoms with Crippen molar-refractivity contribution in [2.45, 2.75) is 13.3 Å². The molecule has 1 rings (SSSR count). The molecule has 1 aliphatic rings. The Morgan fingerprint density at radius 2 is 2.56 bits per heavy atom. The second kappa shape index (κ2) is 3.85. The molecule has 54 valence electrons. The number of hydrogen-bond acceptors (Lipinski definition) is 2. The molecule has 2 nitrogen and oxygen atoms in total. The van der Waals surface area contributed by atoms with Crippen LogP contribution < -0.4 is 5.32 Å². The van der Waals surface area contributed by atoms with Crippen LogP contribution in [-0.4, -0.2) is 26.3 Å². The highest BCUT2D eigenvalue weighted by Crippen LogP contribution is 2.09. The third kappa shape index (κ3) is 2.33. The molecule has 0 aromatic carbocycles. The van der Waals surface area contributed by atoms with E-state index in [-0.39, 0.29) is 0 Å². The Bertz CT molecular complexity index is 69.3. The van der Waals surface area contributed by atoms with Gasteiger partial charge in [-0.1, -0.05) is 6.92 Å². The molecule has 0 radical (unpaired) electrons. The molecule has 1 N–H and O–H groups in total. The van der Waals surface area contributed by atoms with Crippen molar-refractivity contribution in [3.63, 3.8) is 0 Å². The van der Waals surface area contributed by atoms with Crippen molar-refractivity contribution in [2.24, 2.45) is 5.92 Å². The van der Waals surface area contributed by atoms with E-state index in [0.29, 0.717) is 0 Å². The van der Waals surface area contributed by atoms with Gasteiger partial charge in [0, 0.05) is 13.2 Å². The average molecular weight is 129 g/mol. The van der Waals surface area contributed by atoms with E-state index in [2.05, 4.69) is 12.2 Å². The molecule has 0 bridgehead atoms. The molecule has 0 spiro atoms. The zero-order valence-electron chi connectivity index (χ0n) is 6.02. The molecule has 1 heterocycles. The standard InChI is InChI=1S/C7H15NO/c1-2-8-5-7-3-4-9-6-7/h7-8H,2-6H2,1H3/t7-/m1/s1. The fraction of sp³-hybridized carbons (Fsp3) is 1.00. The van der Waals surface area contributed by atoms with Crippen LogP contribution in [0, 0.1) is 5.92 Å². The normalized spacial score (nSPS) is 27.0. The second-order valence-corrected chi connectivity index (χ2v) is 2.54. The first-order chi connectivity index (χ1) is 4.43. The van der Waals surface area contributed by atoms with Crippen molar-refractivity contribution in [1.82, 2.24) is 5.32 Å². The minimum atomic E-state index is 0.782. The van der Waals surface area contributed by atoms with Gasteiger partial charge in [-0.3, -0.25) is 0 Å². The zero-order chi connectivity index (χ0) is 6.53. The minimum Gasteiger partial charge on any atom is -0.381 e. The van der Waals surface area contributed by atoms with Crippen molar-refractivity contribution in [2.75, 3.05) is 26.3 Å². The predicted molar refractivity (Wildman–Crippen MR) is 37.5 cm³/mol. The maximum absolute atomic E-state index is 5.21. The van der Waals surface area contributed by atoms with E-state index in [9.17, 15) is 0 Å². The molecule has 1 aliphatic heterocycles. The number of ether oxygens (including phenoxy) is 1. The van der Waals surface area contributed by atoms with Gasteiger partial charge in [-0.25, -0.2) is 0 Å². The van der Waals surface area contributed by atoms with E-state index in [0.717, 1.165) is 32.2 Å². The Morgan fingerprint density at radius 1 is 1.67 bits per heavy atom. The Labute approximate surface area is 56.6 Å². The molecule has 2 heteroatoms. The molecule has 0 aromatic rings. The Morgan fingerprint density at radius 3 is 3.11 bits per heavy atom. The molecule has 0 aliphatic carbocycles. The van der Waals surface area contributed by atoms with E-state index in [4.69, 9.17) is 4.74 Å². The number of rotatable bonds is 3. The topological polar surface area (TPSA) is 21.3 Å². The molecular weight excluding hydrogens is 114 g/mol. The molecule has 0 unspecified atom stereocenters. The fourth-order valence-electron chi connectivity index (χ4n) is 1.09. The molecule has 0 aromatic heterocycles. The lowest BCUT2D eigenvalue weighted by Crippen LogP contribution is -2.22. The van der Waals surface area contributed by atoms with Crippen LogP contribution in [0.2, 0.25) is 0 Å². The van der Waals surface area contributed by atoms with Gasteiger partial charge in [-0.2, -0.15) is 0 Å². The summed E-state index contributed by atoms with van der Waals surface area (Å²) >= 11 is 0. The second-order valence-electron chi connectivity index (χ2n) is 2.54. The van der Waals surface area contributed by atoms with Crippen molar-refractivity contribution in [3.05, 3.63) is 0 Å². The van der Waals surface area contributed by atoms with Gasteiger partial charge in [0.1, 0.15) is 0 Å². The van der Waals surface area contributed by atoms with E-state index in [1.54, 1.807) is 0 Å². The fourth-order valence-corrected chi connectivity index (χ4v) is 1.09. The van der Waals surface area contributed by atoms with Gasteiger partial charge < -0.3 is 10.1 Å². The summed E-state index contributed by atoms with van der Waals surface area (Å²) in [4.78, 5) is 0. The number of nitrogens with one attached hydrogen (secondary N) is 1. The summed E-state index contributed by atoms with van der Waals surface area (Å²) in [5.74, 6) is 0.782. The van der Waals surface area contributed by atoms with Gasteiger partial charge in [0.25, 0.3) is 0 Å². The van der Waals surface area contributed by atoms with Crippen molar-refractivity contribution in [3.8, 4) is 0 Å². The maximum Gasteiger partial charge on any atom is 0.0507 e. The van der Waals surface area contributed by atoms with Gasteiger partial charge >= 0.3 is 0 Å². The predicted octanol–water partition coefficient (Wildman–Crippen LogP) is 0.632. The van der Waals surface area contributed by atoms with Crippen molar-refractivity contribution >= 4 is 0 Å². The summed E-state index contributed by atoms with van der Waals surface area (Å²) in [5.41, 5.74) is 0. The summed E-state index contributed by atoms with van der Waals surface area (Å²) < 4.78 is 5.21. The lowest BCUT2D eigenvalue weighted by atomic mass is 10.1. The molecular formula is C7H15NO. The highest BCUT2D eigenvalue weighted by atomic mass is 16.5. The first-order valence-corrected chi connectivity index (χ1v) is 3.72. The summed E-state index contributed by atoms with van der Waals surface area (Å²) in [6, 6.07) is 0. The molecule has 1 atom stereocenters. The summed E-state index contributed by atoms with van der Waals surface area (Å²) in [7, 11) is 0. The molecule has 1 fully saturated rings. The SMILES string of the molecule is CCNC[C@H]1CCOC1. The highest BCUT2D eigenvalue weighted by molar-refractivity contribution is 4.65. The monoisotopic (exact) mass is 129 g/mol. The minimum absolute atomic E-state index is 0.782. The summed E-state index contributed by atoms with van der Waals surface area (Å²) in [6.07, 6.45) is 1.24. The Hall–Kier alpha value is -0.0800. The highest BCUT2D eigenvalue weighted by Gasteiger charge is 2.13. The smallest absolute Gasteiger partial charge is 0.0507 e. The molecule has 0 saturated carbocycles. The van der Waals surface area contributed by atoms with Crippen LogP contribution in [0.3, 0.4) is 0 Å². The van der Waals surface area contributed by atoms with Crippen LogP contribution in [0.5, 0.6) is 0 Å². The van der Waals surface area contributed by atoms with Crippen LogP contribution in [0.15, 0.2) is 0 Å². The van der Waals surface area contributed by atoms with E-state index < -0.39 is 0 Å². The van der Waals surface area contributed by atoms with Crippen LogP contribution in [0.1, 0.15) is 13.3 Å². The maximum atomic E-state index is 5.21.